The fraction of sp³-hybridized carbons (Fsp3) is 0.647. The van der Waals surface area contributed by atoms with Gasteiger partial charge in [-0.25, -0.2) is 0 Å². The average Bonchev–Trinajstić information content (AvgIpc) is 2.46. The minimum atomic E-state index is 0.224. The zero-order valence-corrected chi connectivity index (χ0v) is 13.0. The van der Waals surface area contributed by atoms with Crippen LogP contribution in [0.25, 0.3) is 0 Å². The first-order chi connectivity index (χ1) is 9.61. The molecule has 0 saturated carbocycles. The van der Waals surface area contributed by atoms with E-state index in [-0.39, 0.29) is 6.10 Å². The van der Waals surface area contributed by atoms with Gasteiger partial charge in [0, 0.05) is 18.6 Å². The lowest BCUT2D eigenvalue weighted by Crippen LogP contribution is -2.45. The Bertz CT molecular complexity index is 402. The van der Waals surface area contributed by atoms with Crippen LogP contribution in [0.4, 0.5) is 0 Å². The lowest BCUT2D eigenvalue weighted by molar-refractivity contribution is 0.108. The molecule has 0 spiro atoms. The van der Waals surface area contributed by atoms with Gasteiger partial charge in [0.15, 0.2) is 0 Å². The molecule has 2 unspecified atom stereocenters. The molecule has 0 aliphatic carbocycles. The molecule has 1 aliphatic heterocycles. The Morgan fingerprint density at radius 2 is 1.90 bits per heavy atom. The molecule has 0 bridgehead atoms. The van der Waals surface area contributed by atoms with E-state index in [1.807, 2.05) is 0 Å². The van der Waals surface area contributed by atoms with Gasteiger partial charge in [0.05, 0.1) is 6.10 Å². The van der Waals surface area contributed by atoms with Crippen molar-refractivity contribution in [3.05, 3.63) is 29.8 Å². The molecule has 2 rings (SSSR count). The molecule has 1 heterocycles. The smallest absolute Gasteiger partial charge is 0.119 e. The van der Waals surface area contributed by atoms with Crippen molar-refractivity contribution in [2.75, 3.05) is 13.1 Å². The summed E-state index contributed by atoms with van der Waals surface area (Å²) in [4.78, 5) is 2.56. The molecule has 0 radical (unpaired) electrons. The normalized spacial score (nSPS) is 21.9. The third-order valence-electron chi connectivity index (χ3n) is 4.18. The van der Waals surface area contributed by atoms with Gasteiger partial charge in [0.1, 0.15) is 5.75 Å². The molecule has 2 N–H and O–H groups in total. The lowest BCUT2D eigenvalue weighted by atomic mass is 9.97. The van der Waals surface area contributed by atoms with Crippen LogP contribution in [0.1, 0.15) is 51.6 Å². The molecule has 1 saturated heterocycles. The molecule has 3 heteroatoms. The van der Waals surface area contributed by atoms with Crippen molar-refractivity contribution < 1.29 is 4.74 Å². The number of hydrogen-bond acceptors (Lipinski definition) is 3. The summed E-state index contributed by atoms with van der Waals surface area (Å²) >= 11 is 0. The zero-order chi connectivity index (χ0) is 14.5. The molecule has 2 atom stereocenters. The van der Waals surface area contributed by atoms with Gasteiger partial charge in [-0.2, -0.15) is 0 Å². The van der Waals surface area contributed by atoms with Crippen LogP contribution in [0.3, 0.4) is 0 Å². The molecular weight excluding hydrogens is 248 g/mol. The van der Waals surface area contributed by atoms with E-state index in [1.165, 1.54) is 24.8 Å². The molecule has 0 aromatic heterocycles. The summed E-state index contributed by atoms with van der Waals surface area (Å²) in [6.45, 7) is 8.31. The van der Waals surface area contributed by atoms with Crippen LogP contribution in [0.2, 0.25) is 0 Å². The predicted molar refractivity (Wildman–Crippen MR) is 84.0 cm³/mol. The van der Waals surface area contributed by atoms with Crippen LogP contribution in [0.15, 0.2) is 24.3 Å². The Hall–Kier alpha value is -1.06. The molecule has 112 valence electrons. The summed E-state index contributed by atoms with van der Waals surface area (Å²) in [6.07, 6.45) is 4.05. The van der Waals surface area contributed by atoms with Gasteiger partial charge in [-0.3, -0.25) is 4.90 Å². The SMILES string of the molecule is CC(C)Oc1ccc(C(C)N2CCCCC2CN)cc1. The van der Waals surface area contributed by atoms with Crippen molar-refractivity contribution >= 4 is 0 Å². The maximum atomic E-state index is 5.93. The van der Waals surface area contributed by atoms with Crippen molar-refractivity contribution in [2.24, 2.45) is 5.73 Å². The number of likely N-dealkylation sites (tertiary alicyclic amines) is 1. The van der Waals surface area contributed by atoms with Crippen LogP contribution < -0.4 is 10.5 Å². The van der Waals surface area contributed by atoms with Crippen molar-refractivity contribution in [1.82, 2.24) is 4.90 Å². The second-order valence-electron chi connectivity index (χ2n) is 6.03. The summed E-state index contributed by atoms with van der Waals surface area (Å²) < 4.78 is 5.70. The van der Waals surface area contributed by atoms with E-state index in [0.29, 0.717) is 12.1 Å². The van der Waals surface area contributed by atoms with Crippen LogP contribution in [0, 0.1) is 0 Å². The Labute approximate surface area is 123 Å². The van der Waals surface area contributed by atoms with Gasteiger partial charge in [0.2, 0.25) is 0 Å². The Kier molecular flexibility index (Phi) is 5.44. The van der Waals surface area contributed by atoms with E-state index in [4.69, 9.17) is 10.5 Å². The maximum absolute atomic E-state index is 5.93. The minimum Gasteiger partial charge on any atom is -0.491 e. The van der Waals surface area contributed by atoms with Gasteiger partial charge in [0.25, 0.3) is 0 Å². The molecule has 1 aromatic carbocycles. The number of piperidine rings is 1. The van der Waals surface area contributed by atoms with Crippen molar-refractivity contribution in [2.45, 2.75) is 58.2 Å². The van der Waals surface area contributed by atoms with Crippen molar-refractivity contribution in [1.29, 1.82) is 0 Å². The second-order valence-corrected chi connectivity index (χ2v) is 6.03. The minimum absolute atomic E-state index is 0.224. The van der Waals surface area contributed by atoms with Crippen LogP contribution in [-0.2, 0) is 0 Å². The van der Waals surface area contributed by atoms with Crippen molar-refractivity contribution in [3.8, 4) is 5.75 Å². The topological polar surface area (TPSA) is 38.5 Å². The van der Waals surface area contributed by atoms with E-state index in [9.17, 15) is 0 Å². The second kappa shape index (κ2) is 7.09. The number of nitrogens with two attached hydrogens (primary N) is 1. The van der Waals surface area contributed by atoms with E-state index >= 15 is 0 Å². The first-order valence-electron chi connectivity index (χ1n) is 7.84. The summed E-state index contributed by atoms with van der Waals surface area (Å²) in [5.74, 6) is 0.949. The monoisotopic (exact) mass is 276 g/mol. The highest BCUT2D eigenvalue weighted by Gasteiger charge is 2.26. The fourth-order valence-corrected chi connectivity index (χ4v) is 3.07. The fourth-order valence-electron chi connectivity index (χ4n) is 3.07. The first-order valence-corrected chi connectivity index (χ1v) is 7.84. The van der Waals surface area contributed by atoms with E-state index < -0.39 is 0 Å². The summed E-state index contributed by atoms with van der Waals surface area (Å²) in [6, 6.07) is 9.48. The molecule has 1 aromatic rings. The molecule has 1 aliphatic rings. The number of rotatable bonds is 5. The predicted octanol–water partition coefficient (Wildman–Crippen LogP) is 3.35. The molecule has 3 nitrogen and oxygen atoms in total. The quantitative estimate of drug-likeness (QED) is 0.896. The highest BCUT2D eigenvalue weighted by atomic mass is 16.5. The van der Waals surface area contributed by atoms with E-state index in [1.54, 1.807) is 0 Å². The Balaban J connectivity index is 2.05. The maximum Gasteiger partial charge on any atom is 0.119 e. The average molecular weight is 276 g/mol. The standard InChI is InChI=1S/C17H28N2O/c1-13(2)20-17-9-7-15(8-10-17)14(3)19-11-5-4-6-16(19)12-18/h7-10,13-14,16H,4-6,11-12,18H2,1-3H3. The van der Waals surface area contributed by atoms with Crippen LogP contribution in [0.5, 0.6) is 5.75 Å². The van der Waals surface area contributed by atoms with E-state index in [0.717, 1.165) is 18.8 Å². The number of nitrogens with zero attached hydrogens (tertiary/aromatic N) is 1. The van der Waals surface area contributed by atoms with Crippen LogP contribution in [-0.4, -0.2) is 30.1 Å². The zero-order valence-electron chi connectivity index (χ0n) is 13.0. The number of benzene rings is 1. The third-order valence-corrected chi connectivity index (χ3v) is 4.18. The number of hydrogen-bond donors (Lipinski definition) is 1. The summed E-state index contributed by atoms with van der Waals surface area (Å²) in [5.41, 5.74) is 7.28. The van der Waals surface area contributed by atoms with E-state index in [2.05, 4.69) is 49.9 Å². The summed E-state index contributed by atoms with van der Waals surface area (Å²) in [5, 5.41) is 0. The Morgan fingerprint density at radius 1 is 1.20 bits per heavy atom. The summed E-state index contributed by atoms with van der Waals surface area (Å²) in [7, 11) is 0. The first kappa shape index (κ1) is 15.3. The van der Waals surface area contributed by atoms with Crippen LogP contribution >= 0.6 is 0 Å². The lowest BCUT2D eigenvalue weighted by Gasteiger charge is -2.39. The van der Waals surface area contributed by atoms with Gasteiger partial charge < -0.3 is 10.5 Å². The van der Waals surface area contributed by atoms with Crippen molar-refractivity contribution in [3.63, 3.8) is 0 Å². The van der Waals surface area contributed by atoms with Gasteiger partial charge >= 0.3 is 0 Å². The highest BCUT2D eigenvalue weighted by molar-refractivity contribution is 5.29. The Morgan fingerprint density at radius 3 is 2.50 bits per heavy atom. The molecule has 1 fully saturated rings. The molecule has 20 heavy (non-hydrogen) atoms. The highest BCUT2D eigenvalue weighted by Crippen LogP contribution is 2.29. The molecular formula is C17H28N2O. The molecule has 0 amide bonds. The largest absolute Gasteiger partial charge is 0.491 e. The number of ether oxygens (including phenoxy) is 1. The van der Waals surface area contributed by atoms with Gasteiger partial charge in [-0.1, -0.05) is 18.6 Å². The third kappa shape index (κ3) is 3.74. The van der Waals surface area contributed by atoms with Gasteiger partial charge in [-0.05, 0) is 57.9 Å². The van der Waals surface area contributed by atoms with Gasteiger partial charge in [-0.15, -0.1) is 0 Å².